The summed E-state index contributed by atoms with van der Waals surface area (Å²) in [6.45, 7) is 4.34. The van der Waals surface area contributed by atoms with E-state index in [1.807, 2.05) is 30.1 Å². The van der Waals surface area contributed by atoms with Crippen molar-refractivity contribution in [2.45, 2.75) is 24.8 Å². The van der Waals surface area contributed by atoms with Gasteiger partial charge in [0.15, 0.2) is 0 Å². The molecule has 0 radical (unpaired) electrons. The van der Waals surface area contributed by atoms with Crippen LogP contribution in [0.2, 0.25) is 0 Å². The highest BCUT2D eigenvalue weighted by molar-refractivity contribution is 7.99. The summed E-state index contributed by atoms with van der Waals surface area (Å²) in [4.78, 5) is 4.09. The summed E-state index contributed by atoms with van der Waals surface area (Å²) < 4.78 is 0. The van der Waals surface area contributed by atoms with Gasteiger partial charge in [0, 0.05) is 14.6 Å². The Balaban J connectivity index is 2.22. The van der Waals surface area contributed by atoms with Crippen LogP contribution < -0.4 is 5.32 Å². The average Bonchev–Trinajstić information content (AvgIpc) is 2.79. The van der Waals surface area contributed by atoms with Crippen molar-refractivity contribution in [3.05, 3.63) is 51.7 Å². The van der Waals surface area contributed by atoms with Crippen LogP contribution in [0.1, 0.15) is 28.3 Å². The second-order valence-electron chi connectivity index (χ2n) is 4.17. The highest BCUT2D eigenvalue weighted by Crippen LogP contribution is 2.29. The Hall–Kier alpha value is -0.770. The third-order valence-electron chi connectivity index (χ3n) is 2.86. The molecule has 1 aromatic heterocycles. The van der Waals surface area contributed by atoms with Crippen LogP contribution in [0.25, 0.3) is 0 Å². The summed E-state index contributed by atoms with van der Waals surface area (Å²) in [5.41, 5.74) is 1.33. The molecule has 2 rings (SSSR count). The first kappa shape index (κ1) is 13.7. The van der Waals surface area contributed by atoms with Crippen molar-refractivity contribution in [3.63, 3.8) is 0 Å². The van der Waals surface area contributed by atoms with E-state index in [-0.39, 0.29) is 0 Å². The van der Waals surface area contributed by atoms with Crippen LogP contribution in [0.15, 0.2) is 41.3 Å². The van der Waals surface area contributed by atoms with E-state index in [9.17, 15) is 0 Å². The molecular formula is C15H19NS2. The van der Waals surface area contributed by atoms with Gasteiger partial charge >= 0.3 is 0 Å². The molecule has 3 heteroatoms. The Bertz CT molecular complexity index is 487. The van der Waals surface area contributed by atoms with Gasteiger partial charge in [-0.2, -0.15) is 0 Å². The highest BCUT2D eigenvalue weighted by Gasteiger charge is 2.13. The summed E-state index contributed by atoms with van der Waals surface area (Å²) in [6, 6.07) is 13.6. The standard InChI is InChI=1S/C15H19NS2/c1-4-17-13-8-6-12(7-9-13)15(16-3)14-10-5-11(2)18-14/h5-10,15-16H,4H2,1-3H3. The lowest BCUT2D eigenvalue weighted by Crippen LogP contribution is -2.16. The molecule has 1 heterocycles. The smallest absolute Gasteiger partial charge is 0.0668 e. The van der Waals surface area contributed by atoms with Crippen LogP contribution in [0.3, 0.4) is 0 Å². The molecular weight excluding hydrogens is 258 g/mol. The maximum Gasteiger partial charge on any atom is 0.0668 e. The van der Waals surface area contributed by atoms with Crippen LogP contribution in [0.4, 0.5) is 0 Å². The van der Waals surface area contributed by atoms with Crippen molar-refractivity contribution in [1.29, 1.82) is 0 Å². The van der Waals surface area contributed by atoms with E-state index in [0.29, 0.717) is 6.04 Å². The van der Waals surface area contributed by atoms with Crippen molar-refractivity contribution < 1.29 is 0 Å². The molecule has 1 unspecified atom stereocenters. The van der Waals surface area contributed by atoms with E-state index in [1.54, 1.807) is 0 Å². The Kier molecular flexibility index (Phi) is 4.87. The largest absolute Gasteiger partial charge is 0.309 e. The minimum atomic E-state index is 0.310. The maximum absolute atomic E-state index is 3.40. The fourth-order valence-electron chi connectivity index (χ4n) is 2.00. The quantitative estimate of drug-likeness (QED) is 0.809. The number of nitrogens with one attached hydrogen (secondary N) is 1. The first-order chi connectivity index (χ1) is 8.74. The summed E-state index contributed by atoms with van der Waals surface area (Å²) >= 11 is 3.75. The lowest BCUT2D eigenvalue weighted by Gasteiger charge is -2.15. The van der Waals surface area contributed by atoms with Gasteiger partial charge in [-0.15, -0.1) is 23.1 Å². The van der Waals surface area contributed by atoms with Crippen LogP contribution in [0, 0.1) is 6.92 Å². The third-order valence-corrected chi connectivity index (χ3v) is 4.82. The van der Waals surface area contributed by atoms with E-state index >= 15 is 0 Å². The molecule has 1 N–H and O–H groups in total. The van der Waals surface area contributed by atoms with E-state index in [4.69, 9.17) is 0 Å². The van der Waals surface area contributed by atoms with Gasteiger partial charge in [-0.1, -0.05) is 19.1 Å². The van der Waals surface area contributed by atoms with Gasteiger partial charge in [0.05, 0.1) is 6.04 Å². The molecule has 96 valence electrons. The highest BCUT2D eigenvalue weighted by atomic mass is 32.2. The molecule has 1 aromatic carbocycles. The van der Waals surface area contributed by atoms with Crippen molar-refractivity contribution >= 4 is 23.1 Å². The lowest BCUT2D eigenvalue weighted by molar-refractivity contribution is 0.703. The molecule has 0 aliphatic carbocycles. The van der Waals surface area contributed by atoms with Gasteiger partial charge in [-0.3, -0.25) is 0 Å². The zero-order chi connectivity index (χ0) is 13.0. The third kappa shape index (κ3) is 3.16. The van der Waals surface area contributed by atoms with E-state index in [0.717, 1.165) is 5.75 Å². The number of thioether (sulfide) groups is 1. The maximum atomic E-state index is 3.40. The van der Waals surface area contributed by atoms with Gasteiger partial charge in [-0.25, -0.2) is 0 Å². The molecule has 0 aliphatic heterocycles. The molecule has 2 aromatic rings. The minimum absolute atomic E-state index is 0.310. The van der Waals surface area contributed by atoms with Crippen molar-refractivity contribution in [2.75, 3.05) is 12.8 Å². The molecule has 0 bridgehead atoms. The van der Waals surface area contributed by atoms with Crippen LogP contribution in [-0.2, 0) is 0 Å². The number of aryl methyl sites for hydroxylation is 1. The molecule has 0 aliphatic rings. The van der Waals surface area contributed by atoms with E-state index in [2.05, 4.69) is 55.6 Å². The number of hydrogen-bond acceptors (Lipinski definition) is 3. The Labute approximate surface area is 118 Å². The molecule has 1 nitrogen and oxygen atoms in total. The Morgan fingerprint density at radius 3 is 2.39 bits per heavy atom. The fourth-order valence-corrected chi connectivity index (χ4v) is 3.68. The molecule has 18 heavy (non-hydrogen) atoms. The SMILES string of the molecule is CCSc1ccc(C(NC)c2ccc(C)s2)cc1. The van der Waals surface area contributed by atoms with E-state index < -0.39 is 0 Å². The van der Waals surface area contributed by atoms with Gasteiger partial charge in [0.2, 0.25) is 0 Å². The zero-order valence-electron chi connectivity index (χ0n) is 11.1. The van der Waals surface area contributed by atoms with Crippen molar-refractivity contribution in [3.8, 4) is 0 Å². The molecule has 1 atom stereocenters. The molecule has 0 spiro atoms. The van der Waals surface area contributed by atoms with Crippen LogP contribution in [-0.4, -0.2) is 12.8 Å². The second kappa shape index (κ2) is 6.41. The van der Waals surface area contributed by atoms with Gasteiger partial charge < -0.3 is 5.32 Å². The fraction of sp³-hybridized carbons (Fsp3) is 0.333. The van der Waals surface area contributed by atoms with Crippen LogP contribution in [0.5, 0.6) is 0 Å². The molecule has 0 amide bonds. The predicted octanol–water partition coefficient (Wildman–Crippen LogP) is 4.48. The summed E-state index contributed by atoms with van der Waals surface area (Å²) in [7, 11) is 2.02. The topological polar surface area (TPSA) is 12.0 Å². The van der Waals surface area contributed by atoms with Crippen molar-refractivity contribution in [1.82, 2.24) is 5.32 Å². The van der Waals surface area contributed by atoms with Crippen molar-refractivity contribution in [2.24, 2.45) is 0 Å². The number of benzene rings is 1. The van der Waals surface area contributed by atoms with Gasteiger partial charge in [-0.05, 0) is 49.6 Å². The Morgan fingerprint density at radius 2 is 1.89 bits per heavy atom. The first-order valence-electron chi connectivity index (χ1n) is 6.21. The van der Waals surface area contributed by atoms with Gasteiger partial charge in [0.1, 0.15) is 0 Å². The number of hydrogen-bond donors (Lipinski definition) is 1. The predicted molar refractivity (Wildman–Crippen MR) is 82.8 cm³/mol. The second-order valence-corrected chi connectivity index (χ2v) is 6.83. The summed E-state index contributed by atoms with van der Waals surface area (Å²) in [5.74, 6) is 1.12. The molecule has 0 saturated carbocycles. The molecule has 0 fully saturated rings. The number of thiophene rings is 1. The van der Waals surface area contributed by atoms with Gasteiger partial charge in [0.25, 0.3) is 0 Å². The monoisotopic (exact) mass is 277 g/mol. The summed E-state index contributed by atoms with van der Waals surface area (Å²) in [5, 5.41) is 3.40. The lowest BCUT2D eigenvalue weighted by atomic mass is 10.1. The minimum Gasteiger partial charge on any atom is -0.309 e. The Morgan fingerprint density at radius 1 is 1.17 bits per heavy atom. The normalized spacial score (nSPS) is 12.6. The summed E-state index contributed by atoms with van der Waals surface area (Å²) in [6.07, 6.45) is 0. The first-order valence-corrected chi connectivity index (χ1v) is 8.01. The molecule has 0 saturated heterocycles. The van der Waals surface area contributed by atoms with Crippen LogP contribution >= 0.6 is 23.1 Å². The number of rotatable bonds is 5. The zero-order valence-corrected chi connectivity index (χ0v) is 12.7. The van der Waals surface area contributed by atoms with E-state index in [1.165, 1.54) is 20.2 Å². The average molecular weight is 277 g/mol.